The van der Waals surface area contributed by atoms with Crippen molar-refractivity contribution in [2.45, 2.75) is 4.90 Å². The number of halogens is 1. The first-order chi connectivity index (χ1) is 7.34. The Hall–Kier alpha value is -1.12. The largest absolute Gasteiger partial charge is 0.212 e. The molecule has 2 rings (SSSR count). The predicted molar refractivity (Wildman–Crippen MR) is 65.5 cm³/mol. The van der Waals surface area contributed by atoms with Gasteiger partial charge in [-0.15, -0.1) is 0 Å². The third-order valence-electron chi connectivity index (χ3n) is 1.83. The number of rotatable bonds is 3. The summed E-state index contributed by atoms with van der Waals surface area (Å²) in [4.78, 5) is 1.13. The highest BCUT2D eigenvalue weighted by atomic mass is 35.5. The van der Waals surface area contributed by atoms with Gasteiger partial charge >= 0.3 is 0 Å². The van der Waals surface area contributed by atoms with Gasteiger partial charge in [0.05, 0.1) is 5.69 Å². The highest BCUT2D eigenvalue weighted by Gasteiger charge is 1.96. The van der Waals surface area contributed by atoms with E-state index in [-0.39, 0.29) is 0 Å². The lowest BCUT2D eigenvalue weighted by molar-refractivity contribution is 1.34. The molecule has 2 aromatic carbocycles. The van der Waals surface area contributed by atoms with Crippen LogP contribution in [0.25, 0.3) is 0 Å². The first-order valence-corrected chi connectivity index (χ1v) is 5.68. The van der Waals surface area contributed by atoms with Crippen LogP contribution in [0.4, 0.5) is 5.69 Å². The Labute approximate surface area is 98.6 Å². The van der Waals surface area contributed by atoms with Gasteiger partial charge in [0.2, 0.25) is 0 Å². The maximum atomic E-state index is 5.78. The van der Waals surface area contributed by atoms with E-state index in [4.69, 9.17) is 11.6 Å². The molecule has 0 amide bonds. The molecule has 15 heavy (non-hydrogen) atoms. The van der Waals surface area contributed by atoms with E-state index in [1.807, 2.05) is 54.6 Å². The standard InChI is InChI=1S/C12H9ClNS/c13-10-6-8-11(9-7-10)14-15-12-4-2-1-3-5-12/h1-9H. The van der Waals surface area contributed by atoms with E-state index in [1.165, 1.54) is 11.9 Å². The summed E-state index contributed by atoms with van der Waals surface area (Å²) >= 11 is 7.24. The van der Waals surface area contributed by atoms with Crippen LogP contribution in [0, 0.1) is 0 Å². The second kappa shape index (κ2) is 5.10. The lowest BCUT2D eigenvalue weighted by Crippen LogP contribution is -1.83. The Bertz CT molecular complexity index is 413. The van der Waals surface area contributed by atoms with Crippen molar-refractivity contribution in [3.05, 3.63) is 59.6 Å². The number of hydrogen-bond acceptors (Lipinski definition) is 1. The molecule has 0 unspecified atom stereocenters. The van der Waals surface area contributed by atoms with Crippen molar-refractivity contribution in [1.29, 1.82) is 0 Å². The van der Waals surface area contributed by atoms with Crippen LogP contribution in [-0.4, -0.2) is 0 Å². The fourth-order valence-electron chi connectivity index (χ4n) is 1.09. The molecule has 0 heterocycles. The molecule has 0 spiro atoms. The predicted octanol–water partition coefficient (Wildman–Crippen LogP) is 4.28. The Kier molecular flexibility index (Phi) is 3.54. The molecule has 2 aromatic rings. The van der Waals surface area contributed by atoms with Crippen LogP contribution >= 0.6 is 23.5 Å². The molecular weight excluding hydrogens is 226 g/mol. The van der Waals surface area contributed by atoms with Gasteiger partial charge < -0.3 is 0 Å². The van der Waals surface area contributed by atoms with Crippen molar-refractivity contribution in [1.82, 2.24) is 4.72 Å². The van der Waals surface area contributed by atoms with Crippen molar-refractivity contribution in [2.24, 2.45) is 0 Å². The molecule has 1 radical (unpaired) electrons. The molecule has 0 aliphatic rings. The number of nitrogens with zero attached hydrogens (tertiary/aromatic N) is 1. The second-order valence-electron chi connectivity index (χ2n) is 2.97. The number of benzene rings is 2. The van der Waals surface area contributed by atoms with Crippen molar-refractivity contribution < 1.29 is 0 Å². The van der Waals surface area contributed by atoms with Crippen molar-refractivity contribution in [2.75, 3.05) is 0 Å². The van der Waals surface area contributed by atoms with Crippen LogP contribution in [0.1, 0.15) is 0 Å². The maximum absolute atomic E-state index is 5.78. The van der Waals surface area contributed by atoms with E-state index in [0.717, 1.165) is 15.6 Å². The minimum atomic E-state index is 0.735. The Morgan fingerprint density at radius 2 is 1.53 bits per heavy atom. The number of hydrogen-bond donors (Lipinski definition) is 0. The first kappa shape index (κ1) is 10.4. The third kappa shape index (κ3) is 3.18. The second-order valence-corrected chi connectivity index (χ2v) is 4.25. The highest BCUT2D eigenvalue weighted by Crippen LogP contribution is 2.22. The molecule has 0 aliphatic carbocycles. The quantitative estimate of drug-likeness (QED) is 0.723. The lowest BCUT2D eigenvalue weighted by Gasteiger charge is -2.01. The monoisotopic (exact) mass is 234 g/mol. The molecule has 0 bridgehead atoms. The summed E-state index contributed by atoms with van der Waals surface area (Å²) in [5, 5.41) is 0.735. The average Bonchev–Trinajstić information content (AvgIpc) is 2.30. The molecule has 0 saturated carbocycles. The summed E-state index contributed by atoms with van der Waals surface area (Å²) in [6, 6.07) is 17.5. The zero-order valence-corrected chi connectivity index (χ0v) is 9.50. The van der Waals surface area contributed by atoms with E-state index in [9.17, 15) is 0 Å². The van der Waals surface area contributed by atoms with Crippen LogP contribution in [0.3, 0.4) is 0 Å². The molecule has 0 fully saturated rings. The van der Waals surface area contributed by atoms with E-state index >= 15 is 0 Å². The van der Waals surface area contributed by atoms with Crippen LogP contribution in [0.2, 0.25) is 5.02 Å². The summed E-state index contributed by atoms with van der Waals surface area (Å²) in [7, 11) is 0. The van der Waals surface area contributed by atoms with Crippen molar-refractivity contribution in [3.8, 4) is 0 Å². The Morgan fingerprint density at radius 1 is 0.867 bits per heavy atom. The smallest absolute Gasteiger partial charge is 0.0718 e. The average molecular weight is 235 g/mol. The van der Waals surface area contributed by atoms with Crippen LogP contribution in [0.5, 0.6) is 0 Å². The summed E-state index contributed by atoms with van der Waals surface area (Å²) < 4.78 is 4.38. The minimum absolute atomic E-state index is 0.735. The molecule has 1 nitrogen and oxygen atoms in total. The minimum Gasteiger partial charge on any atom is -0.212 e. The SMILES string of the molecule is Clc1ccc([N]Sc2ccccc2)cc1. The first-order valence-electron chi connectivity index (χ1n) is 4.53. The summed E-state index contributed by atoms with van der Waals surface area (Å²) in [6.07, 6.45) is 0. The van der Waals surface area contributed by atoms with Crippen LogP contribution < -0.4 is 4.72 Å². The van der Waals surface area contributed by atoms with Gasteiger partial charge in [-0.25, -0.2) is 4.72 Å². The van der Waals surface area contributed by atoms with E-state index in [1.54, 1.807) is 0 Å². The third-order valence-corrected chi connectivity index (χ3v) is 2.86. The van der Waals surface area contributed by atoms with Gasteiger partial charge in [0.25, 0.3) is 0 Å². The molecular formula is C12H9ClNS. The van der Waals surface area contributed by atoms with Gasteiger partial charge in [0.15, 0.2) is 0 Å². The fourth-order valence-corrected chi connectivity index (χ4v) is 1.83. The Morgan fingerprint density at radius 3 is 2.20 bits per heavy atom. The summed E-state index contributed by atoms with van der Waals surface area (Å²) in [6.45, 7) is 0. The molecule has 3 heteroatoms. The summed E-state index contributed by atoms with van der Waals surface area (Å²) in [5.41, 5.74) is 0.924. The topological polar surface area (TPSA) is 14.1 Å². The molecule has 0 saturated heterocycles. The van der Waals surface area contributed by atoms with E-state index in [0.29, 0.717) is 0 Å². The van der Waals surface area contributed by atoms with E-state index in [2.05, 4.69) is 4.72 Å². The van der Waals surface area contributed by atoms with Gasteiger partial charge in [-0.2, -0.15) is 0 Å². The highest BCUT2D eigenvalue weighted by molar-refractivity contribution is 7.97. The van der Waals surface area contributed by atoms with Gasteiger partial charge in [0.1, 0.15) is 0 Å². The summed E-state index contributed by atoms with van der Waals surface area (Å²) in [5.74, 6) is 0. The normalized spacial score (nSPS) is 9.93. The van der Waals surface area contributed by atoms with Gasteiger partial charge in [0, 0.05) is 21.9 Å². The molecule has 0 atom stereocenters. The molecule has 0 aliphatic heterocycles. The molecule has 0 aromatic heterocycles. The van der Waals surface area contributed by atoms with Crippen LogP contribution in [-0.2, 0) is 0 Å². The van der Waals surface area contributed by atoms with Gasteiger partial charge in [-0.1, -0.05) is 29.8 Å². The fraction of sp³-hybridized carbons (Fsp3) is 0. The molecule has 75 valence electrons. The van der Waals surface area contributed by atoms with E-state index < -0.39 is 0 Å². The van der Waals surface area contributed by atoms with Crippen molar-refractivity contribution in [3.63, 3.8) is 0 Å². The van der Waals surface area contributed by atoms with Crippen LogP contribution in [0.15, 0.2) is 59.5 Å². The lowest BCUT2D eigenvalue weighted by atomic mass is 10.3. The zero-order valence-electron chi connectivity index (χ0n) is 7.93. The molecule has 0 N–H and O–H groups in total. The van der Waals surface area contributed by atoms with Crippen molar-refractivity contribution >= 4 is 29.2 Å². The Balaban J connectivity index is 1.96. The zero-order chi connectivity index (χ0) is 10.5. The van der Waals surface area contributed by atoms with Gasteiger partial charge in [-0.3, -0.25) is 0 Å². The maximum Gasteiger partial charge on any atom is 0.0718 e. The van der Waals surface area contributed by atoms with Gasteiger partial charge in [-0.05, 0) is 36.4 Å².